The number of carbonyl (C=O) groups is 1. The Morgan fingerprint density at radius 2 is 1.27 bits per heavy atom. The van der Waals surface area contributed by atoms with Gasteiger partial charge in [-0.2, -0.15) is 0 Å². The van der Waals surface area contributed by atoms with Gasteiger partial charge in [0, 0.05) is 40.4 Å². The Labute approximate surface area is 140 Å². The van der Waals surface area contributed by atoms with Gasteiger partial charge in [0.15, 0.2) is 0 Å². The highest BCUT2D eigenvalue weighted by molar-refractivity contribution is 5.75. The van der Waals surface area contributed by atoms with Crippen LogP contribution in [0.25, 0.3) is 0 Å². The number of carbonyl (C=O) groups excluding carboxylic acids is 1. The molecule has 0 aliphatic heterocycles. The lowest BCUT2D eigenvalue weighted by atomic mass is 10.2. The lowest BCUT2D eigenvalue weighted by molar-refractivity contribution is -0.121. The molecular formula is C18H43NO3. The first-order valence-corrected chi connectivity index (χ1v) is 8.97. The molecule has 0 saturated heterocycles. The second-order valence-corrected chi connectivity index (χ2v) is 4.21. The van der Waals surface area contributed by atoms with Crippen molar-refractivity contribution in [2.45, 2.75) is 80.1 Å². The summed E-state index contributed by atoms with van der Waals surface area (Å²) in [6, 6.07) is 0. The van der Waals surface area contributed by atoms with Crippen molar-refractivity contribution >= 4 is 5.91 Å². The Hall–Kier alpha value is -0.610. The first-order valence-electron chi connectivity index (χ1n) is 8.97. The second-order valence-electron chi connectivity index (χ2n) is 4.21. The minimum atomic E-state index is 0.142. The maximum absolute atomic E-state index is 11.3. The van der Waals surface area contributed by atoms with Gasteiger partial charge in [-0.1, -0.05) is 54.4 Å². The van der Waals surface area contributed by atoms with Crippen molar-refractivity contribution in [1.29, 1.82) is 0 Å². The van der Waals surface area contributed by atoms with Gasteiger partial charge in [-0.3, -0.25) is 4.79 Å². The van der Waals surface area contributed by atoms with Crippen molar-refractivity contribution in [3.63, 3.8) is 0 Å². The number of rotatable bonds is 10. The fourth-order valence-corrected chi connectivity index (χ4v) is 1.24. The van der Waals surface area contributed by atoms with E-state index in [4.69, 9.17) is 9.47 Å². The molecule has 0 bridgehead atoms. The van der Waals surface area contributed by atoms with E-state index in [9.17, 15) is 4.79 Å². The molecule has 4 nitrogen and oxygen atoms in total. The van der Waals surface area contributed by atoms with Crippen molar-refractivity contribution < 1.29 is 14.3 Å². The molecule has 0 aromatic heterocycles. The molecule has 138 valence electrons. The van der Waals surface area contributed by atoms with Gasteiger partial charge in [-0.05, 0) is 19.3 Å². The molecule has 0 aromatic rings. The molecule has 0 aliphatic carbocycles. The summed E-state index contributed by atoms with van der Waals surface area (Å²) in [5.74, 6) is 0.142. The minimum Gasteiger partial charge on any atom is -0.385 e. The van der Waals surface area contributed by atoms with Crippen LogP contribution in [0.15, 0.2) is 0 Å². The average Bonchev–Trinajstić information content (AvgIpc) is 2.56. The van der Waals surface area contributed by atoms with E-state index in [1.807, 2.05) is 27.7 Å². The van der Waals surface area contributed by atoms with Gasteiger partial charge in [0.25, 0.3) is 0 Å². The summed E-state index contributed by atoms with van der Waals surface area (Å²) in [5, 5.41) is 2.86. The summed E-state index contributed by atoms with van der Waals surface area (Å²) in [6.07, 6.45) is 5.79. The van der Waals surface area contributed by atoms with Gasteiger partial charge in [-0.15, -0.1) is 0 Å². The van der Waals surface area contributed by atoms with Crippen molar-refractivity contribution in [2.75, 3.05) is 34.0 Å². The normalized spacial score (nSPS) is 8.36. The predicted molar refractivity (Wildman–Crippen MR) is 98.5 cm³/mol. The molecule has 0 saturated carbocycles. The molecule has 0 unspecified atom stereocenters. The van der Waals surface area contributed by atoms with E-state index in [1.54, 1.807) is 14.2 Å². The van der Waals surface area contributed by atoms with E-state index in [0.29, 0.717) is 19.6 Å². The molecule has 0 rings (SSSR count). The average molecular weight is 322 g/mol. The number of methoxy groups -OCH3 is 2. The standard InChI is InChI=1S/C11H23NO3.C3H8.2C2H6/c1-14-9-5-3-4-7-11(13)12-8-6-10-15-2;1-3-2;2*1-2/h3-10H2,1-2H3,(H,12,13);3H2,1-2H3;2*1-2H3. The smallest absolute Gasteiger partial charge is 0.219 e. The zero-order valence-corrected chi connectivity index (χ0v) is 16.6. The highest BCUT2D eigenvalue weighted by Gasteiger charge is 1.99. The quantitative estimate of drug-likeness (QED) is 0.587. The Kier molecular flexibility index (Phi) is 49.5. The third-order valence-corrected chi connectivity index (χ3v) is 2.10. The third kappa shape index (κ3) is 42.7. The summed E-state index contributed by atoms with van der Waals surface area (Å²) >= 11 is 0. The number of nitrogens with one attached hydrogen (secondary N) is 1. The van der Waals surface area contributed by atoms with Crippen LogP contribution in [0.5, 0.6) is 0 Å². The molecule has 0 aliphatic rings. The van der Waals surface area contributed by atoms with Crippen molar-refractivity contribution in [2.24, 2.45) is 0 Å². The molecule has 22 heavy (non-hydrogen) atoms. The topological polar surface area (TPSA) is 47.6 Å². The molecule has 0 spiro atoms. The van der Waals surface area contributed by atoms with Crippen LogP contribution in [0.4, 0.5) is 0 Å². The van der Waals surface area contributed by atoms with Crippen molar-refractivity contribution in [1.82, 2.24) is 5.32 Å². The third-order valence-electron chi connectivity index (χ3n) is 2.10. The number of amides is 1. The maximum atomic E-state index is 11.3. The largest absolute Gasteiger partial charge is 0.385 e. The number of unbranched alkanes of at least 4 members (excludes halogenated alkanes) is 2. The van der Waals surface area contributed by atoms with Crippen LogP contribution in [0, 0.1) is 0 Å². The molecule has 1 amide bonds. The Morgan fingerprint density at radius 1 is 0.818 bits per heavy atom. The minimum absolute atomic E-state index is 0.142. The molecule has 0 atom stereocenters. The molecule has 1 N–H and O–H groups in total. The summed E-state index contributed by atoms with van der Waals surface area (Å²) in [7, 11) is 3.36. The fraction of sp³-hybridized carbons (Fsp3) is 0.944. The second kappa shape index (κ2) is 37.0. The Morgan fingerprint density at radius 3 is 1.73 bits per heavy atom. The summed E-state index contributed by atoms with van der Waals surface area (Å²) in [6.45, 7) is 14.5. The fourth-order valence-electron chi connectivity index (χ4n) is 1.24. The monoisotopic (exact) mass is 321 g/mol. The van der Waals surface area contributed by atoms with E-state index in [1.165, 1.54) is 6.42 Å². The Bertz CT molecular complexity index is 164. The van der Waals surface area contributed by atoms with Gasteiger partial charge in [0.05, 0.1) is 0 Å². The van der Waals surface area contributed by atoms with Crippen LogP contribution in [0.3, 0.4) is 0 Å². The first kappa shape index (κ1) is 29.4. The van der Waals surface area contributed by atoms with Crippen LogP contribution in [0.1, 0.15) is 80.1 Å². The van der Waals surface area contributed by atoms with Gasteiger partial charge in [-0.25, -0.2) is 0 Å². The van der Waals surface area contributed by atoms with Gasteiger partial charge in [0.2, 0.25) is 5.91 Å². The SMILES string of the molecule is CC.CC.CCC.COCCCCCC(=O)NCCCOC. The van der Waals surface area contributed by atoms with Gasteiger partial charge >= 0.3 is 0 Å². The molecular weight excluding hydrogens is 278 g/mol. The number of hydrogen-bond donors (Lipinski definition) is 1. The maximum Gasteiger partial charge on any atom is 0.219 e. The predicted octanol–water partition coefficient (Wildman–Crippen LogP) is 4.81. The molecule has 0 aromatic carbocycles. The van der Waals surface area contributed by atoms with E-state index < -0.39 is 0 Å². The van der Waals surface area contributed by atoms with E-state index in [2.05, 4.69) is 19.2 Å². The summed E-state index contributed by atoms with van der Waals surface area (Å²) in [4.78, 5) is 11.3. The van der Waals surface area contributed by atoms with Crippen LogP contribution in [0.2, 0.25) is 0 Å². The van der Waals surface area contributed by atoms with Crippen molar-refractivity contribution in [3.05, 3.63) is 0 Å². The highest BCUT2D eigenvalue weighted by Crippen LogP contribution is 1.99. The molecule has 0 radical (unpaired) electrons. The Balaban J connectivity index is -0.000000198. The summed E-state index contributed by atoms with van der Waals surface area (Å²) in [5.41, 5.74) is 0. The van der Waals surface area contributed by atoms with E-state index in [0.717, 1.165) is 32.3 Å². The lowest BCUT2D eigenvalue weighted by Gasteiger charge is -2.04. The van der Waals surface area contributed by atoms with Crippen LogP contribution in [-0.4, -0.2) is 39.9 Å². The number of hydrogen-bond acceptors (Lipinski definition) is 3. The van der Waals surface area contributed by atoms with E-state index >= 15 is 0 Å². The lowest BCUT2D eigenvalue weighted by Crippen LogP contribution is -2.24. The zero-order valence-electron chi connectivity index (χ0n) is 16.6. The van der Waals surface area contributed by atoms with Gasteiger partial charge < -0.3 is 14.8 Å². The molecule has 4 heteroatoms. The number of ether oxygens (including phenoxy) is 2. The molecule has 0 heterocycles. The first-order chi connectivity index (χ1) is 10.7. The van der Waals surface area contributed by atoms with Crippen LogP contribution < -0.4 is 5.32 Å². The molecule has 0 fully saturated rings. The van der Waals surface area contributed by atoms with E-state index in [-0.39, 0.29) is 5.91 Å². The zero-order chi connectivity index (χ0) is 18.1. The summed E-state index contributed by atoms with van der Waals surface area (Å²) < 4.78 is 9.81. The highest BCUT2D eigenvalue weighted by atomic mass is 16.5. The van der Waals surface area contributed by atoms with Gasteiger partial charge in [0.1, 0.15) is 0 Å². The van der Waals surface area contributed by atoms with Crippen molar-refractivity contribution in [3.8, 4) is 0 Å². The van der Waals surface area contributed by atoms with Crippen LogP contribution in [-0.2, 0) is 14.3 Å². The van der Waals surface area contributed by atoms with Crippen LogP contribution >= 0.6 is 0 Å².